The lowest BCUT2D eigenvalue weighted by atomic mass is 9.96. The fourth-order valence-corrected chi connectivity index (χ4v) is 7.39. The van der Waals surface area contributed by atoms with Gasteiger partial charge in [-0.05, 0) is 72.1 Å². The predicted molar refractivity (Wildman–Crippen MR) is 156 cm³/mol. The summed E-state index contributed by atoms with van der Waals surface area (Å²) in [6.07, 6.45) is 12.3. The third-order valence-electron chi connectivity index (χ3n) is 8.48. The van der Waals surface area contributed by atoms with Crippen molar-refractivity contribution in [3.05, 3.63) is 12.2 Å². The Bertz CT molecular complexity index is 1160. The molecule has 13 heteroatoms. The molecular formula is C29H47N5O7S. The van der Waals surface area contributed by atoms with Crippen molar-refractivity contribution in [2.24, 2.45) is 5.92 Å². The first-order chi connectivity index (χ1) is 19.8. The summed E-state index contributed by atoms with van der Waals surface area (Å²) in [5.41, 5.74) is -2.15. The molecule has 4 rings (SSSR count). The average Bonchev–Trinajstić information content (AvgIpc) is 3.35. The Kier molecular flexibility index (Phi) is 10.2. The molecule has 0 spiro atoms. The van der Waals surface area contributed by atoms with Crippen LogP contribution in [-0.4, -0.2) is 72.9 Å². The van der Waals surface area contributed by atoms with E-state index in [1.165, 1.54) is 4.90 Å². The normalized spacial score (nSPS) is 30.5. The molecular weight excluding hydrogens is 562 g/mol. The zero-order valence-electron chi connectivity index (χ0n) is 25.1. The zero-order valence-corrected chi connectivity index (χ0v) is 25.9. The minimum Gasteiger partial charge on any atom is -0.444 e. The van der Waals surface area contributed by atoms with Crippen molar-refractivity contribution in [1.29, 1.82) is 0 Å². The molecule has 12 nitrogen and oxygen atoms in total. The molecule has 0 radical (unpaired) electrons. The van der Waals surface area contributed by atoms with Gasteiger partial charge < -0.3 is 20.3 Å². The molecule has 236 valence electrons. The van der Waals surface area contributed by atoms with E-state index in [9.17, 15) is 27.6 Å². The third-order valence-corrected chi connectivity index (χ3v) is 9.58. The van der Waals surface area contributed by atoms with E-state index in [4.69, 9.17) is 4.74 Å². The summed E-state index contributed by atoms with van der Waals surface area (Å²) in [5.74, 6) is -2.01. The minimum atomic E-state index is -4.12. The number of fused-ring (bicyclic) bond motifs is 2. The van der Waals surface area contributed by atoms with Crippen LogP contribution in [0.15, 0.2) is 12.2 Å². The molecule has 3 fully saturated rings. The highest BCUT2D eigenvalue weighted by atomic mass is 32.2. The summed E-state index contributed by atoms with van der Waals surface area (Å²) in [7, 11) is -4.12. The molecule has 0 bridgehead atoms. The van der Waals surface area contributed by atoms with Gasteiger partial charge in [0.2, 0.25) is 11.8 Å². The Morgan fingerprint density at radius 2 is 1.69 bits per heavy atom. The van der Waals surface area contributed by atoms with E-state index in [1.807, 2.05) is 12.2 Å². The minimum absolute atomic E-state index is 0.223. The van der Waals surface area contributed by atoms with Gasteiger partial charge in [0.25, 0.3) is 5.91 Å². The number of rotatable bonds is 5. The van der Waals surface area contributed by atoms with Crippen LogP contribution in [0.4, 0.5) is 4.79 Å². The van der Waals surface area contributed by atoms with E-state index >= 15 is 0 Å². The van der Waals surface area contributed by atoms with Crippen LogP contribution in [0.1, 0.15) is 104 Å². The van der Waals surface area contributed by atoms with Crippen LogP contribution in [-0.2, 0) is 29.3 Å². The van der Waals surface area contributed by atoms with E-state index in [2.05, 4.69) is 20.1 Å². The van der Waals surface area contributed by atoms with Crippen molar-refractivity contribution in [3.63, 3.8) is 0 Å². The van der Waals surface area contributed by atoms with Crippen LogP contribution in [0.3, 0.4) is 0 Å². The Labute approximate surface area is 249 Å². The van der Waals surface area contributed by atoms with Gasteiger partial charge in [0.15, 0.2) is 0 Å². The molecule has 1 saturated heterocycles. The quantitative estimate of drug-likeness (QED) is 0.348. The van der Waals surface area contributed by atoms with Gasteiger partial charge in [-0.2, -0.15) is 13.1 Å². The maximum Gasteiger partial charge on any atom is 0.408 e. The summed E-state index contributed by atoms with van der Waals surface area (Å²) in [4.78, 5) is 54.8. The molecule has 2 heterocycles. The SMILES string of the molecule is CC(C)(C)OC(=O)N[C@H]1CCCCC/C=C\[C@H]2C[C@@]2(C(=O)NS(=O)(=O)NC2CCCCC2)NC(=O)[C@@H]2CCCN2C1=O. The smallest absolute Gasteiger partial charge is 0.408 e. The molecule has 0 aromatic rings. The van der Waals surface area contributed by atoms with Crippen molar-refractivity contribution >= 4 is 34.0 Å². The van der Waals surface area contributed by atoms with E-state index in [-0.39, 0.29) is 24.3 Å². The van der Waals surface area contributed by atoms with Gasteiger partial charge in [-0.1, -0.05) is 44.3 Å². The number of hydrogen-bond donors (Lipinski definition) is 4. The van der Waals surface area contributed by atoms with Gasteiger partial charge in [-0.3, -0.25) is 14.4 Å². The molecule has 0 aromatic carbocycles. The van der Waals surface area contributed by atoms with Crippen molar-refractivity contribution < 1.29 is 32.3 Å². The molecule has 0 unspecified atom stereocenters. The van der Waals surface area contributed by atoms with Gasteiger partial charge in [0.05, 0.1) is 0 Å². The maximum absolute atomic E-state index is 13.7. The number of allylic oxidation sites excluding steroid dienone is 1. The summed E-state index contributed by atoms with van der Waals surface area (Å²) >= 11 is 0. The van der Waals surface area contributed by atoms with Gasteiger partial charge in [0, 0.05) is 18.5 Å². The maximum atomic E-state index is 13.7. The second-order valence-corrected chi connectivity index (χ2v) is 14.6. The van der Waals surface area contributed by atoms with Crippen LogP contribution in [0.25, 0.3) is 0 Å². The Morgan fingerprint density at radius 3 is 2.40 bits per heavy atom. The van der Waals surface area contributed by atoms with Crippen LogP contribution in [0, 0.1) is 5.92 Å². The van der Waals surface area contributed by atoms with Crippen molar-refractivity contribution in [2.75, 3.05) is 6.54 Å². The molecule has 0 aromatic heterocycles. The lowest BCUT2D eigenvalue weighted by molar-refractivity contribution is -0.141. The van der Waals surface area contributed by atoms with Crippen LogP contribution >= 0.6 is 0 Å². The van der Waals surface area contributed by atoms with E-state index in [0.717, 1.165) is 51.4 Å². The highest BCUT2D eigenvalue weighted by Gasteiger charge is 2.61. The van der Waals surface area contributed by atoms with Crippen LogP contribution in [0.2, 0.25) is 0 Å². The highest BCUT2D eigenvalue weighted by Crippen LogP contribution is 2.45. The first-order valence-corrected chi connectivity index (χ1v) is 16.9. The molecule has 2 saturated carbocycles. The number of carbonyl (C=O) groups is 4. The highest BCUT2D eigenvalue weighted by molar-refractivity contribution is 7.88. The molecule has 2 aliphatic heterocycles. The second kappa shape index (κ2) is 13.3. The first-order valence-electron chi connectivity index (χ1n) is 15.4. The standard InChI is InChI=1S/C29H47N5O7S/c1-28(2,3)41-27(38)30-22-16-11-6-4-5-8-13-20-19-29(20,31-24(35)23-17-12-18-34(23)25(22)36)26(37)33-42(39,40)32-21-14-9-7-10-15-21/h8,13,20-23,32H,4-7,9-12,14-19H2,1-3H3,(H,30,38)(H,31,35)(H,33,37)/b13-8-/t20-,22-,23-,29+/m0/s1. The molecule has 2 aliphatic carbocycles. The second-order valence-electron chi connectivity index (χ2n) is 13.1. The summed E-state index contributed by atoms with van der Waals surface area (Å²) in [6.45, 7) is 5.57. The molecule has 42 heavy (non-hydrogen) atoms. The summed E-state index contributed by atoms with van der Waals surface area (Å²) < 4.78 is 35.9. The predicted octanol–water partition coefficient (Wildman–Crippen LogP) is 2.55. The van der Waals surface area contributed by atoms with Crippen molar-refractivity contribution in [3.8, 4) is 0 Å². The number of hydrogen-bond acceptors (Lipinski definition) is 7. The monoisotopic (exact) mass is 609 g/mol. The Balaban J connectivity index is 1.51. The van der Waals surface area contributed by atoms with Gasteiger partial charge >= 0.3 is 16.3 Å². The Morgan fingerprint density at radius 1 is 1.00 bits per heavy atom. The van der Waals surface area contributed by atoms with Crippen molar-refractivity contribution in [2.45, 2.75) is 134 Å². The van der Waals surface area contributed by atoms with Crippen LogP contribution in [0.5, 0.6) is 0 Å². The fourth-order valence-electron chi connectivity index (χ4n) is 6.23. The van der Waals surface area contributed by atoms with Gasteiger partial charge in [0.1, 0.15) is 23.2 Å². The van der Waals surface area contributed by atoms with E-state index in [0.29, 0.717) is 32.2 Å². The summed E-state index contributed by atoms with van der Waals surface area (Å²) in [6, 6.07) is -1.91. The summed E-state index contributed by atoms with van der Waals surface area (Å²) in [5, 5.41) is 5.55. The number of nitrogens with zero attached hydrogens (tertiary/aromatic N) is 1. The zero-order chi connectivity index (χ0) is 30.5. The number of ether oxygens (including phenoxy) is 1. The van der Waals surface area contributed by atoms with E-state index < -0.39 is 51.3 Å². The third kappa shape index (κ3) is 8.46. The number of amides is 4. The number of alkyl carbamates (subject to hydrolysis) is 1. The van der Waals surface area contributed by atoms with Gasteiger partial charge in [-0.25, -0.2) is 9.52 Å². The van der Waals surface area contributed by atoms with Crippen molar-refractivity contribution in [1.82, 2.24) is 25.0 Å². The molecule has 4 atom stereocenters. The average molecular weight is 610 g/mol. The largest absolute Gasteiger partial charge is 0.444 e. The lowest BCUT2D eigenvalue weighted by Gasteiger charge is -2.30. The molecule has 4 amide bonds. The molecule has 4 N–H and O–H groups in total. The topological polar surface area (TPSA) is 163 Å². The van der Waals surface area contributed by atoms with Crippen LogP contribution < -0.4 is 20.1 Å². The van der Waals surface area contributed by atoms with E-state index in [1.54, 1.807) is 20.8 Å². The molecule has 4 aliphatic rings. The fraction of sp³-hybridized carbons (Fsp3) is 0.793. The lowest BCUT2D eigenvalue weighted by Crippen LogP contribution is -2.59. The number of carbonyl (C=O) groups excluding carboxylic acids is 4. The van der Waals surface area contributed by atoms with Gasteiger partial charge in [-0.15, -0.1) is 0 Å². The first kappa shape index (κ1) is 32.2. The number of nitrogens with one attached hydrogen (secondary N) is 4. The Hall–Kier alpha value is -2.67.